The van der Waals surface area contributed by atoms with Crippen molar-refractivity contribution in [1.82, 2.24) is 30.1 Å². The van der Waals surface area contributed by atoms with Gasteiger partial charge in [0.05, 0.1) is 36.2 Å². The van der Waals surface area contributed by atoms with E-state index in [2.05, 4.69) is 30.5 Å². The number of hydrogen-bond donors (Lipinski definition) is 2. The highest BCUT2D eigenvalue weighted by molar-refractivity contribution is 6.00. The SMILES string of the molecule is COc1cnc2c(-c3nc(Nc4nnc(-c5ccccc5)c5ccccc45)ncc3N)ccnc2c1. The maximum absolute atomic E-state index is 6.28. The van der Waals surface area contributed by atoms with Gasteiger partial charge in [-0.15, -0.1) is 10.2 Å². The number of nitrogen functional groups attached to an aromatic ring is 1. The second-order valence-electron chi connectivity index (χ2n) is 8.03. The molecule has 0 spiro atoms. The van der Waals surface area contributed by atoms with Crippen LogP contribution in [-0.2, 0) is 0 Å². The summed E-state index contributed by atoms with van der Waals surface area (Å²) in [7, 11) is 1.59. The largest absolute Gasteiger partial charge is 0.495 e. The summed E-state index contributed by atoms with van der Waals surface area (Å²) in [6, 6.07) is 21.6. The summed E-state index contributed by atoms with van der Waals surface area (Å²) < 4.78 is 5.27. The van der Waals surface area contributed by atoms with Gasteiger partial charge in [0.1, 0.15) is 17.1 Å². The summed E-state index contributed by atoms with van der Waals surface area (Å²) in [4.78, 5) is 18.0. The Hall–Kier alpha value is -5.18. The number of nitrogens with one attached hydrogen (secondary N) is 1. The molecule has 2 aromatic carbocycles. The predicted octanol–water partition coefficient (Wildman–Crippen LogP) is 5.03. The van der Waals surface area contributed by atoms with Crippen molar-refractivity contribution in [3.63, 3.8) is 0 Å². The first-order valence-corrected chi connectivity index (χ1v) is 11.2. The number of rotatable bonds is 5. The quantitative estimate of drug-likeness (QED) is 0.355. The van der Waals surface area contributed by atoms with E-state index in [0.29, 0.717) is 39.9 Å². The van der Waals surface area contributed by atoms with Gasteiger partial charge in [0.25, 0.3) is 0 Å². The van der Waals surface area contributed by atoms with Crippen LogP contribution in [0.1, 0.15) is 0 Å². The van der Waals surface area contributed by atoms with Crippen LogP contribution in [0.5, 0.6) is 5.75 Å². The number of fused-ring (bicyclic) bond motifs is 2. The van der Waals surface area contributed by atoms with Crippen molar-refractivity contribution in [2.75, 3.05) is 18.2 Å². The highest BCUT2D eigenvalue weighted by atomic mass is 16.5. The number of benzene rings is 2. The van der Waals surface area contributed by atoms with Gasteiger partial charge >= 0.3 is 0 Å². The molecule has 0 bridgehead atoms. The Morgan fingerprint density at radius 1 is 0.806 bits per heavy atom. The summed E-state index contributed by atoms with van der Waals surface area (Å²) >= 11 is 0. The molecule has 4 aromatic heterocycles. The Labute approximate surface area is 206 Å². The minimum absolute atomic E-state index is 0.338. The average Bonchev–Trinajstić information content (AvgIpc) is 2.94. The van der Waals surface area contributed by atoms with Crippen LogP contribution in [0.4, 0.5) is 17.5 Å². The molecule has 0 fully saturated rings. The molecule has 0 saturated heterocycles. The van der Waals surface area contributed by atoms with Gasteiger partial charge in [-0.25, -0.2) is 9.97 Å². The Morgan fingerprint density at radius 3 is 2.44 bits per heavy atom. The molecule has 3 N–H and O–H groups in total. The van der Waals surface area contributed by atoms with E-state index in [-0.39, 0.29) is 0 Å². The van der Waals surface area contributed by atoms with Gasteiger partial charge in [0.15, 0.2) is 5.82 Å². The van der Waals surface area contributed by atoms with Gasteiger partial charge in [0, 0.05) is 34.2 Å². The monoisotopic (exact) mass is 472 g/mol. The van der Waals surface area contributed by atoms with Crippen LogP contribution in [0, 0.1) is 0 Å². The lowest BCUT2D eigenvalue weighted by Gasteiger charge is -2.12. The van der Waals surface area contributed by atoms with E-state index in [1.165, 1.54) is 0 Å². The fourth-order valence-electron chi connectivity index (χ4n) is 4.09. The van der Waals surface area contributed by atoms with Crippen molar-refractivity contribution < 1.29 is 4.74 Å². The molecule has 0 aliphatic carbocycles. The topological polar surface area (TPSA) is 125 Å². The third-order valence-corrected chi connectivity index (χ3v) is 5.83. The zero-order valence-corrected chi connectivity index (χ0v) is 19.3. The lowest BCUT2D eigenvalue weighted by molar-refractivity contribution is 0.413. The molecule has 6 rings (SSSR count). The fraction of sp³-hybridized carbons (Fsp3) is 0.0370. The Kier molecular flexibility index (Phi) is 5.27. The molecule has 36 heavy (non-hydrogen) atoms. The number of nitrogens with zero attached hydrogens (tertiary/aromatic N) is 6. The van der Waals surface area contributed by atoms with E-state index in [1.807, 2.05) is 66.7 Å². The summed E-state index contributed by atoms with van der Waals surface area (Å²) in [5.41, 5.74) is 11.1. The highest BCUT2D eigenvalue weighted by Crippen LogP contribution is 2.33. The Morgan fingerprint density at radius 2 is 1.61 bits per heavy atom. The van der Waals surface area contributed by atoms with Crippen molar-refractivity contribution in [3.05, 3.63) is 85.3 Å². The number of pyridine rings is 2. The van der Waals surface area contributed by atoms with Gasteiger partial charge in [-0.2, -0.15) is 0 Å². The van der Waals surface area contributed by atoms with Crippen molar-refractivity contribution in [1.29, 1.82) is 0 Å². The van der Waals surface area contributed by atoms with Gasteiger partial charge in [-0.05, 0) is 6.07 Å². The van der Waals surface area contributed by atoms with Crippen LogP contribution < -0.4 is 15.8 Å². The lowest BCUT2D eigenvalue weighted by atomic mass is 10.0. The first-order chi connectivity index (χ1) is 17.7. The maximum Gasteiger partial charge on any atom is 0.229 e. The standard InChI is InChI=1S/C27H20N8O/c1-36-17-13-22-25(30-14-17)20(11-12-29-22)24-21(28)15-31-27(32-24)33-26-19-10-6-5-9-18(19)23(34-35-26)16-7-3-2-4-8-16/h2-15H,28H2,1H3,(H,31,32,33,35). The molecule has 0 radical (unpaired) electrons. The minimum atomic E-state index is 0.338. The average molecular weight is 473 g/mol. The second kappa shape index (κ2) is 8.88. The van der Waals surface area contributed by atoms with Crippen LogP contribution in [0.25, 0.3) is 44.3 Å². The van der Waals surface area contributed by atoms with Gasteiger partial charge < -0.3 is 15.8 Å². The molecule has 9 nitrogen and oxygen atoms in total. The first-order valence-electron chi connectivity index (χ1n) is 11.2. The molecule has 4 heterocycles. The molecule has 174 valence electrons. The maximum atomic E-state index is 6.28. The predicted molar refractivity (Wildman–Crippen MR) is 140 cm³/mol. The summed E-state index contributed by atoms with van der Waals surface area (Å²) in [5, 5.41) is 14.1. The third-order valence-electron chi connectivity index (χ3n) is 5.83. The van der Waals surface area contributed by atoms with Crippen LogP contribution in [0.15, 0.2) is 85.3 Å². The van der Waals surface area contributed by atoms with E-state index < -0.39 is 0 Å². The highest BCUT2D eigenvalue weighted by Gasteiger charge is 2.15. The molecule has 6 aromatic rings. The van der Waals surface area contributed by atoms with Crippen LogP contribution in [0.3, 0.4) is 0 Å². The summed E-state index contributed by atoms with van der Waals surface area (Å²) in [5.74, 6) is 1.50. The van der Waals surface area contributed by atoms with E-state index >= 15 is 0 Å². The molecular weight excluding hydrogens is 452 g/mol. The number of hydrogen-bond acceptors (Lipinski definition) is 9. The molecular formula is C27H20N8O. The van der Waals surface area contributed by atoms with Crippen LogP contribution in [-0.4, -0.2) is 37.2 Å². The number of aromatic nitrogens is 6. The van der Waals surface area contributed by atoms with Gasteiger partial charge in [-0.1, -0.05) is 54.6 Å². The molecule has 0 saturated carbocycles. The molecule has 0 amide bonds. The van der Waals surface area contributed by atoms with E-state index in [9.17, 15) is 0 Å². The van der Waals surface area contributed by atoms with Crippen molar-refractivity contribution in [2.45, 2.75) is 0 Å². The molecule has 0 unspecified atom stereocenters. The van der Waals surface area contributed by atoms with Gasteiger partial charge in [0.2, 0.25) is 5.95 Å². The number of anilines is 3. The van der Waals surface area contributed by atoms with Crippen LogP contribution >= 0.6 is 0 Å². The minimum Gasteiger partial charge on any atom is -0.495 e. The van der Waals surface area contributed by atoms with E-state index in [1.54, 1.807) is 25.7 Å². The summed E-state index contributed by atoms with van der Waals surface area (Å²) in [6.45, 7) is 0. The smallest absolute Gasteiger partial charge is 0.229 e. The number of ether oxygens (including phenoxy) is 1. The van der Waals surface area contributed by atoms with E-state index in [4.69, 9.17) is 15.5 Å². The Balaban J connectivity index is 1.43. The molecule has 0 atom stereocenters. The van der Waals surface area contributed by atoms with Crippen molar-refractivity contribution in [2.24, 2.45) is 0 Å². The molecule has 0 aliphatic rings. The lowest BCUT2D eigenvalue weighted by Crippen LogP contribution is -2.05. The normalized spacial score (nSPS) is 11.0. The molecule has 0 aliphatic heterocycles. The first kappa shape index (κ1) is 21.4. The van der Waals surface area contributed by atoms with Crippen molar-refractivity contribution in [3.8, 4) is 28.3 Å². The summed E-state index contributed by atoms with van der Waals surface area (Å²) in [6.07, 6.45) is 4.89. The zero-order chi connectivity index (χ0) is 24.5. The second-order valence-corrected chi connectivity index (χ2v) is 8.03. The number of nitrogens with two attached hydrogens (primary N) is 1. The van der Waals surface area contributed by atoms with E-state index in [0.717, 1.165) is 27.6 Å². The fourth-order valence-corrected chi connectivity index (χ4v) is 4.09. The van der Waals surface area contributed by atoms with Gasteiger partial charge in [-0.3, -0.25) is 9.97 Å². The number of methoxy groups -OCH3 is 1. The zero-order valence-electron chi connectivity index (χ0n) is 19.3. The molecule has 9 heteroatoms. The van der Waals surface area contributed by atoms with Crippen molar-refractivity contribution >= 4 is 39.3 Å². The van der Waals surface area contributed by atoms with Crippen LogP contribution in [0.2, 0.25) is 0 Å². The third kappa shape index (κ3) is 3.78. The Bertz CT molecular complexity index is 1720.